The fraction of sp³-hybridized carbons (Fsp3) is 0.429. The Kier molecular flexibility index (Phi) is 3.64. The Morgan fingerprint density at radius 1 is 1.42 bits per heavy atom. The normalized spacial score (nSPS) is 24.9. The predicted molar refractivity (Wildman–Crippen MR) is 66.1 cm³/mol. The number of rotatable bonds is 2. The smallest absolute Gasteiger partial charge is 0.331 e. The lowest BCUT2D eigenvalue weighted by atomic mass is 9.77. The Balaban J connectivity index is 2.34. The van der Waals surface area contributed by atoms with Crippen LogP contribution in [-0.4, -0.2) is 22.0 Å². The molecule has 0 radical (unpaired) electrons. The Bertz CT molecular complexity index is 511. The highest BCUT2D eigenvalue weighted by molar-refractivity contribution is 5.86. The molecule has 1 saturated carbocycles. The molecule has 1 aromatic rings. The SMILES string of the molecule is CC(C(=O)O)=C1CCC(F)(F)C(c2ccncc2)C1. The molecule has 1 aliphatic carbocycles. The third-order valence-corrected chi connectivity index (χ3v) is 3.68. The average molecular weight is 267 g/mol. The molecule has 5 heteroatoms. The summed E-state index contributed by atoms with van der Waals surface area (Å²) in [6, 6.07) is 3.13. The molecule has 1 fully saturated rings. The Morgan fingerprint density at radius 2 is 2.05 bits per heavy atom. The van der Waals surface area contributed by atoms with Crippen molar-refractivity contribution in [1.82, 2.24) is 4.98 Å². The van der Waals surface area contributed by atoms with Crippen LogP contribution in [0.4, 0.5) is 8.78 Å². The van der Waals surface area contributed by atoms with E-state index in [0.29, 0.717) is 11.1 Å². The molecule has 1 N–H and O–H groups in total. The standard InChI is InChI=1S/C14H15F2NO2/c1-9(13(18)19)11-2-5-14(15,16)12(8-11)10-3-6-17-7-4-10/h3-4,6-7,12H,2,5,8H2,1H3,(H,18,19). The number of alkyl halides is 2. The highest BCUT2D eigenvalue weighted by Gasteiger charge is 2.44. The van der Waals surface area contributed by atoms with Gasteiger partial charge in [-0.3, -0.25) is 4.98 Å². The van der Waals surface area contributed by atoms with Crippen molar-refractivity contribution in [1.29, 1.82) is 0 Å². The number of halogens is 2. The van der Waals surface area contributed by atoms with Crippen LogP contribution in [0.5, 0.6) is 0 Å². The van der Waals surface area contributed by atoms with Crippen LogP contribution in [0.25, 0.3) is 0 Å². The molecule has 1 heterocycles. The van der Waals surface area contributed by atoms with E-state index in [4.69, 9.17) is 5.11 Å². The van der Waals surface area contributed by atoms with Gasteiger partial charge in [-0.05, 0) is 37.5 Å². The molecule has 102 valence electrons. The Hall–Kier alpha value is -1.78. The van der Waals surface area contributed by atoms with Crippen molar-refractivity contribution in [3.05, 3.63) is 41.2 Å². The van der Waals surface area contributed by atoms with Gasteiger partial charge in [0.25, 0.3) is 5.92 Å². The van der Waals surface area contributed by atoms with Crippen molar-refractivity contribution in [2.45, 2.75) is 38.0 Å². The molecule has 0 aromatic carbocycles. The number of nitrogens with zero attached hydrogens (tertiary/aromatic N) is 1. The fourth-order valence-corrected chi connectivity index (χ4v) is 2.44. The molecular weight excluding hydrogens is 252 g/mol. The molecule has 0 amide bonds. The van der Waals surface area contributed by atoms with Gasteiger partial charge in [0.2, 0.25) is 0 Å². The number of carbonyl (C=O) groups is 1. The van der Waals surface area contributed by atoms with Crippen molar-refractivity contribution < 1.29 is 18.7 Å². The van der Waals surface area contributed by atoms with E-state index < -0.39 is 17.8 Å². The molecule has 0 aliphatic heterocycles. The molecule has 1 aromatic heterocycles. The van der Waals surface area contributed by atoms with Gasteiger partial charge in [0.1, 0.15) is 0 Å². The lowest BCUT2D eigenvalue weighted by molar-refractivity contribution is -0.132. The summed E-state index contributed by atoms with van der Waals surface area (Å²) in [6.45, 7) is 1.48. The van der Waals surface area contributed by atoms with E-state index in [1.807, 2.05) is 0 Å². The number of hydrogen-bond acceptors (Lipinski definition) is 2. The minimum absolute atomic E-state index is 0.0924. The lowest BCUT2D eigenvalue weighted by Gasteiger charge is -2.33. The molecule has 0 saturated heterocycles. The number of allylic oxidation sites excluding steroid dienone is 1. The maximum atomic E-state index is 14.0. The summed E-state index contributed by atoms with van der Waals surface area (Å²) >= 11 is 0. The summed E-state index contributed by atoms with van der Waals surface area (Å²) in [4.78, 5) is 14.8. The van der Waals surface area contributed by atoms with Gasteiger partial charge in [-0.15, -0.1) is 0 Å². The van der Waals surface area contributed by atoms with Crippen molar-refractivity contribution >= 4 is 5.97 Å². The first-order chi connectivity index (χ1) is 8.92. The van der Waals surface area contributed by atoms with Crippen LogP contribution >= 0.6 is 0 Å². The summed E-state index contributed by atoms with van der Waals surface area (Å²) in [5.74, 6) is -4.80. The first kappa shape index (κ1) is 13.6. The molecule has 1 aliphatic rings. The zero-order valence-corrected chi connectivity index (χ0v) is 10.6. The Labute approximate surface area is 110 Å². The van der Waals surface area contributed by atoms with Crippen LogP contribution in [0.1, 0.15) is 37.7 Å². The Morgan fingerprint density at radius 3 is 2.63 bits per heavy atom. The minimum Gasteiger partial charge on any atom is -0.478 e. The third-order valence-electron chi connectivity index (χ3n) is 3.68. The van der Waals surface area contributed by atoms with Crippen molar-refractivity contribution in [3.63, 3.8) is 0 Å². The third kappa shape index (κ3) is 2.80. The van der Waals surface area contributed by atoms with E-state index in [9.17, 15) is 13.6 Å². The molecule has 0 bridgehead atoms. The summed E-state index contributed by atoms with van der Waals surface area (Å²) in [5.41, 5.74) is 1.31. The number of carboxylic acids is 1. The molecule has 0 spiro atoms. The topological polar surface area (TPSA) is 50.2 Å². The van der Waals surface area contributed by atoms with Crippen molar-refractivity contribution in [2.75, 3.05) is 0 Å². The molecule has 1 unspecified atom stereocenters. The van der Waals surface area contributed by atoms with Crippen LogP contribution in [0, 0.1) is 0 Å². The van der Waals surface area contributed by atoms with Gasteiger partial charge in [-0.1, -0.05) is 5.57 Å². The second kappa shape index (κ2) is 5.07. The first-order valence-corrected chi connectivity index (χ1v) is 6.11. The van der Waals surface area contributed by atoms with Gasteiger partial charge < -0.3 is 5.11 Å². The molecule has 19 heavy (non-hydrogen) atoms. The molecular formula is C14H15F2NO2. The lowest BCUT2D eigenvalue weighted by Crippen LogP contribution is -2.31. The second-order valence-corrected chi connectivity index (χ2v) is 4.83. The van der Waals surface area contributed by atoms with Gasteiger partial charge >= 0.3 is 5.97 Å². The van der Waals surface area contributed by atoms with Gasteiger partial charge in [0, 0.05) is 24.4 Å². The number of pyridine rings is 1. The van der Waals surface area contributed by atoms with Crippen molar-refractivity contribution in [2.24, 2.45) is 0 Å². The molecule has 2 rings (SSSR count). The summed E-state index contributed by atoms with van der Waals surface area (Å²) in [6.07, 6.45) is 2.89. The van der Waals surface area contributed by atoms with Gasteiger partial charge in [0.15, 0.2) is 0 Å². The van der Waals surface area contributed by atoms with E-state index in [1.165, 1.54) is 19.3 Å². The quantitative estimate of drug-likeness (QED) is 0.836. The zero-order valence-electron chi connectivity index (χ0n) is 10.6. The van der Waals surface area contributed by atoms with E-state index >= 15 is 0 Å². The number of hydrogen-bond donors (Lipinski definition) is 1. The average Bonchev–Trinajstić information content (AvgIpc) is 2.38. The number of aromatic nitrogens is 1. The van der Waals surface area contributed by atoms with E-state index in [-0.39, 0.29) is 24.8 Å². The van der Waals surface area contributed by atoms with E-state index in [0.717, 1.165) is 0 Å². The van der Waals surface area contributed by atoms with Crippen LogP contribution in [0.3, 0.4) is 0 Å². The van der Waals surface area contributed by atoms with Crippen LogP contribution in [0.2, 0.25) is 0 Å². The summed E-state index contributed by atoms with van der Waals surface area (Å²) in [5, 5.41) is 8.97. The maximum absolute atomic E-state index is 14.0. The number of carboxylic acid groups (broad SMARTS) is 1. The van der Waals surface area contributed by atoms with E-state index in [2.05, 4.69) is 4.98 Å². The highest BCUT2D eigenvalue weighted by Crippen LogP contribution is 2.47. The summed E-state index contributed by atoms with van der Waals surface area (Å²) in [7, 11) is 0. The van der Waals surface area contributed by atoms with Crippen molar-refractivity contribution in [3.8, 4) is 0 Å². The monoisotopic (exact) mass is 267 g/mol. The van der Waals surface area contributed by atoms with E-state index in [1.54, 1.807) is 12.1 Å². The second-order valence-electron chi connectivity index (χ2n) is 4.83. The largest absolute Gasteiger partial charge is 0.478 e. The van der Waals surface area contributed by atoms with Gasteiger partial charge in [-0.2, -0.15) is 0 Å². The molecule has 1 atom stereocenters. The van der Waals surface area contributed by atoms with Gasteiger partial charge in [0.05, 0.1) is 5.92 Å². The van der Waals surface area contributed by atoms with Crippen LogP contribution in [0.15, 0.2) is 35.7 Å². The predicted octanol–water partition coefficient (Wildman–Crippen LogP) is 3.39. The fourth-order valence-electron chi connectivity index (χ4n) is 2.44. The highest BCUT2D eigenvalue weighted by atomic mass is 19.3. The molecule has 3 nitrogen and oxygen atoms in total. The van der Waals surface area contributed by atoms with Crippen LogP contribution in [-0.2, 0) is 4.79 Å². The number of aliphatic carboxylic acids is 1. The summed E-state index contributed by atoms with van der Waals surface area (Å²) < 4.78 is 28.0. The minimum atomic E-state index is -2.80. The zero-order chi connectivity index (χ0) is 14.0. The first-order valence-electron chi connectivity index (χ1n) is 6.11. The van der Waals surface area contributed by atoms with Gasteiger partial charge in [-0.25, -0.2) is 13.6 Å². The maximum Gasteiger partial charge on any atom is 0.331 e. The van der Waals surface area contributed by atoms with Crippen LogP contribution < -0.4 is 0 Å².